The third-order valence-electron chi connectivity index (χ3n) is 7.46. The first-order valence-corrected chi connectivity index (χ1v) is 16.1. The lowest BCUT2D eigenvalue weighted by Crippen LogP contribution is -2.53. The van der Waals surface area contributed by atoms with Gasteiger partial charge in [0.1, 0.15) is 29.2 Å². The molecule has 0 bridgehead atoms. The molecule has 0 saturated heterocycles. The first-order valence-electron chi connectivity index (χ1n) is 16.1. The molecular weight excluding hydrogens is 582 g/mol. The molecule has 0 spiro atoms. The van der Waals surface area contributed by atoms with Crippen molar-refractivity contribution < 1.29 is 29.0 Å². The molecule has 0 fully saturated rings. The van der Waals surface area contributed by atoms with Gasteiger partial charge in [0.05, 0.1) is 7.11 Å². The van der Waals surface area contributed by atoms with Crippen LogP contribution < -0.4 is 15.4 Å². The number of amides is 3. The molecule has 0 aliphatic heterocycles. The van der Waals surface area contributed by atoms with E-state index < -0.39 is 35.6 Å². The standard InChI is InChI=1S/C37H49N3O6/c1-6-7-8-9-10-16-25-40(35(43)31(26-27-17-12-11-13-18-27)39-36(44)46-37(2,3)4)33(30-19-14-15-20-32(30)41)34(42)38-28-21-23-29(45-5)24-22-28/h11-15,17-24,31,33,41H,6-10,16,25-26H2,1-5H3,(H,38,42)(H,39,44). The van der Waals surface area contributed by atoms with Crippen LogP contribution in [0.25, 0.3) is 0 Å². The molecule has 0 aliphatic rings. The van der Waals surface area contributed by atoms with Crippen LogP contribution in [0.4, 0.5) is 10.5 Å². The van der Waals surface area contributed by atoms with Crippen molar-refractivity contribution in [2.24, 2.45) is 0 Å². The molecule has 2 atom stereocenters. The number of rotatable bonds is 16. The van der Waals surface area contributed by atoms with E-state index in [0.29, 0.717) is 17.9 Å². The number of phenolic OH excluding ortho intramolecular Hbond substituents is 1. The molecule has 3 aromatic carbocycles. The van der Waals surface area contributed by atoms with E-state index in [1.807, 2.05) is 30.3 Å². The minimum Gasteiger partial charge on any atom is -0.508 e. The molecule has 0 radical (unpaired) electrons. The van der Waals surface area contributed by atoms with Gasteiger partial charge in [-0.2, -0.15) is 0 Å². The van der Waals surface area contributed by atoms with Crippen molar-refractivity contribution >= 4 is 23.6 Å². The molecule has 9 heteroatoms. The zero-order chi connectivity index (χ0) is 33.5. The van der Waals surface area contributed by atoms with Crippen LogP contribution in [0.3, 0.4) is 0 Å². The van der Waals surface area contributed by atoms with Crippen molar-refractivity contribution in [3.8, 4) is 11.5 Å². The van der Waals surface area contributed by atoms with E-state index in [1.54, 1.807) is 70.3 Å². The lowest BCUT2D eigenvalue weighted by molar-refractivity contribution is -0.141. The first kappa shape index (κ1) is 35.9. The average Bonchev–Trinajstić information content (AvgIpc) is 3.02. The van der Waals surface area contributed by atoms with Gasteiger partial charge in [0, 0.05) is 24.2 Å². The van der Waals surface area contributed by atoms with Crippen LogP contribution in [0, 0.1) is 0 Å². The molecular formula is C37H49N3O6. The highest BCUT2D eigenvalue weighted by atomic mass is 16.6. The third-order valence-corrected chi connectivity index (χ3v) is 7.46. The van der Waals surface area contributed by atoms with Crippen molar-refractivity contribution in [3.05, 3.63) is 90.0 Å². The zero-order valence-electron chi connectivity index (χ0n) is 27.8. The van der Waals surface area contributed by atoms with Crippen LogP contribution >= 0.6 is 0 Å². The van der Waals surface area contributed by atoms with Crippen LogP contribution in [0.15, 0.2) is 78.9 Å². The number of ether oxygens (including phenoxy) is 2. The van der Waals surface area contributed by atoms with Gasteiger partial charge in [-0.05, 0) is 63.1 Å². The van der Waals surface area contributed by atoms with Gasteiger partial charge < -0.3 is 30.1 Å². The number of nitrogens with zero attached hydrogens (tertiary/aromatic N) is 1. The van der Waals surface area contributed by atoms with Crippen LogP contribution in [0.5, 0.6) is 11.5 Å². The van der Waals surface area contributed by atoms with Gasteiger partial charge in [-0.3, -0.25) is 9.59 Å². The number of alkyl carbamates (subject to hydrolysis) is 1. The van der Waals surface area contributed by atoms with Gasteiger partial charge in [0.15, 0.2) is 0 Å². The number of anilines is 1. The largest absolute Gasteiger partial charge is 0.508 e. The average molecular weight is 632 g/mol. The molecule has 0 aliphatic carbocycles. The number of carbonyl (C=O) groups is 3. The number of methoxy groups -OCH3 is 1. The molecule has 3 aromatic rings. The van der Waals surface area contributed by atoms with Crippen molar-refractivity contribution in [2.45, 2.75) is 90.3 Å². The third kappa shape index (κ3) is 11.4. The van der Waals surface area contributed by atoms with Gasteiger partial charge in [0.25, 0.3) is 5.91 Å². The molecule has 248 valence electrons. The van der Waals surface area contributed by atoms with Gasteiger partial charge >= 0.3 is 6.09 Å². The predicted molar refractivity (Wildman–Crippen MR) is 181 cm³/mol. The predicted octanol–water partition coefficient (Wildman–Crippen LogP) is 7.41. The van der Waals surface area contributed by atoms with Gasteiger partial charge in [0.2, 0.25) is 5.91 Å². The second-order valence-corrected chi connectivity index (χ2v) is 12.4. The number of aromatic hydroxyl groups is 1. The summed E-state index contributed by atoms with van der Waals surface area (Å²) in [5.74, 6) is -0.437. The minimum absolute atomic E-state index is 0.113. The summed E-state index contributed by atoms with van der Waals surface area (Å²) in [5, 5.41) is 16.7. The van der Waals surface area contributed by atoms with E-state index in [9.17, 15) is 19.5 Å². The van der Waals surface area contributed by atoms with Gasteiger partial charge in [-0.1, -0.05) is 87.6 Å². The first-order chi connectivity index (χ1) is 22.0. The maximum atomic E-state index is 14.7. The highest BCUT2D eigenvalue weighted by Crippen LogP contribution is 2.32. The molecule has 9 nitrogen and oxygen atoms in total. The fourth-order valence-electron chi connectivity index (χ4n) is 5.18. The fraction of sp³-hybridized carbons (Fsp3) is 0.432. The van der Waals surface area contributed by atoms with Crippen LogP contribution in [-0.2, 0) is 20.7 Å². The maximum absolute atomic E-state index is 14.7. The van der Waals surface area contributed by atoms with Crippen LogP contribution in [0.1, 0.15) is 83.4 Å². The van der Waals surface area contributed by atoms with E-state index in [4.69, 9.17) is 9.47 Å². The number of hydrogen-bond donors (Lipinski definition) is 3. The van der Waals surface area contributed by atoms with Crippen LogP contribution in [0.2, 0.25) is 0 Å². The van der Waals surface area contributed by atoms with E-state index in [1.165, 1.54) is 11.0 Å². The molecule has 46 heavy (non-hydrogen) atoms. The van der Waals surface area contributed by atoms with Crippen molar-refractivity contribution in [3.63, 3.8) is 0 Å². The van der Waals surface area contributed by atoms with E-state index >= 15 is 0 Å². The fourth-order valence-corrected chi connectivity index (χ4v) is 5.18. The number of phenols is 1. The number of carbonyl (C=O) groups excluding carboxylic acids is 3. The molecule has 0 heterocycles. The molecule has 3 amide bonds. The van der Waals surface area contributed by atoms with E-state index in [-0.39, 0.29) is 24.3 Å². The Bertz CT molecular complexity index is 1390. The summed E-state index contributed by atoms with van der Waals surface area (Å²) < 4.78 is 10.8. The number of hydrogen-bond acceptors (Lipinski definition) is 6. The Kier molecular flexibility index (Phi) is 13.9. The van der Waals surface area contributed by atoms with Gasteiger partial charge in [-0.25, -0.2) is 4.79 Å². The number of para-hydroxylation sites is 1. The lowest BCUT2D eigenvalue weighted by atomic mass is 9.98. The highest BCUT2D eigenvalue weighted by Gasteiger charge is 2.37. The summed E-state index contributed by atoms with van der Waals surface area (Å²) in [6, 6.07) is 20.5. The number of nitrogens with one attached hydrogen (secondary N) is 2. The Labute approximate surface area is 273 Å². The zero-order valence-corrected chi connectivity index (χ0v) is 27.8. The Morgan fingerprint density at radius 3 is 2.11 bits per heavy atom. The van der Waals surface area contributed by atoms with Crippen LogP contribution in [-0.4, -0.2) is 53.2 Å². The summed E-state index contributed by atoms with van der Waals surface area (Å²) in [5.41, 5.74) is 0.840. The summed E-state index contributed by atoms with van der Waals surface area (Å²) in [4.78, 5) is 43.3. The second kappa shape index (κ2) is 17.8. The summed E-state index contributed by atoms with van der Waals surface area (Å²) in [6.07, 6.45) is 5.28. The normalized spacial score (nSPS) is 12.5. The Hall–Kier alpha value is -4.53. The quantitative estimate of drug-likeness (QED) is 0.142. The Morgan fingerprint density at radius 2 is 1.48 bits per heavy atom. The smallest absolute Gasteiger partial charge is 0.408 e. The molecule has 3 N–H and O–H groups in total. The maximum Gasteiger partial charge on any atom is 0.408 e. The molecule has 0 saturated carbocycles. The highest BCUT2D eigenvalue weighted by molar-refractivity contribution is 5.99. The molecule has 0 aromatic heterocycles. The van der Waals surface area contributed by atoms with Crippen molar-refractivity contribution in [2.75, 3.05) is 19.0 Å². The lowest BCUT2D eigenvalue weighted by Gasteiger charge is -2.35. The minimum atomic E-state index is -1.19. The SMILES string of the molecule is CCCCCCCCN(C(=O)C(Cc1ccccc1)NC(=O)OC(C)(C)C)C(C(=O)Nc1ccc(OC)cc1)c1ccccc1O. The Balaban J connectivity index is 2.04. The van der Waals surface area contributed by atoms with E-state index in [0.717, 1.165) is 37.7 Å². The monoisotopic (exact) mass is 631 g/mol. The van der Waals surface area contributed by atoms with E-state index in [2.05, 4.69) is 17.6 Å². The second-order valence-electron chi connectivity index (χ2n) is 12.4. The molecule has 2 unspecified atom stereocenters. The number of unbranched alkanes of at least 4 members (excludes halogenated alkanes) is 5. The topological polar surface area (TPSA) is 117 Å². The van der Waals surface area contributed by atoms with Gasteiger partial charge in [-0.15, -0.1) is 0 Å². The summed E-state index contributed by atoms with van der Waals surface area (Å²) >= 11 is 0. The summed E-state index contributed by atoms with van der Waals surface area (Å²) in [7, 11) is 1.56. The molecule has 3 rings (SSSR count). The summed E-state index contributed by atoms with van der Waals surface area (Å²) in [6.45, 7) is 7.65. The number of benzene rings is 3. The Morgan fingerprint density at radius 1 is 0.848 bits per heavy atom. The van der Waals surface area contributed by atoms with Crippen molar-refractivity contribution in [1.82, 2.24) is 10.2 Å². The van der Waals surface area contributed by atoms with Crippen molar-refractivity contribution in [1.29, 1.82) is 0 Å².